The van der Waals surface area contributed by atoms with Crippen molar-refractivity contribution >= 4 is 23.5 Å². The quantitative estimate of drug-likeness (QED) is 0.882. The lowest BCUT2D eigenvalue weighted by Crippen LogP contribution is -2.54. The Morgan fingerprint density at radius 1 is 1.21 bits per heavy atom. The number of hydrogen-bond donors (Lipinski definition) is 2. The van der Waals surface area contributed by atoms with E-state index in [0.29, 0.717) is 19.4 Å². The summed E-state index contributed by atoms with van der Waals surface area (Å²) in [4.78, 5) is 38.0. The van der Waals surface area contributed by atoms with Crippen molar-refractivity contribution in [3.63, 3.8) is 0 Å². The Balaban J connectivity index is 1.70. The minimum atomic E-state index is -1.16. The van der Waals surface area contributed by atoms with Crippen LogP contribution in [0.25, 0.3) is 0 Å². The number of anilines is 1. The van der Waals surface area contributed by atoms with Crippen LogP contribution in [-0.2, 0) is 14.4 Å². The fourth-order valence-electron chi connectivity index (χ4n) is 3.57. The normalized spacial score (nSPS) is 22.6. The molecule has 2 aliphatic rings. The molecular formula is C18H22N2O4. The summed E-state index contributed by atoms with van der Waals surface area (Å²) in [7, 11) is 0. The van der Waals surface area contributed by atoms with Crippen molar-refractivity contribution in [2.24, 2.45) is 5.92 Å². The molecule has 1 saturated heterocycles. The number of carboxylic acid groups (broad SMARTS) is 1. The van der Waals surface area contributed by atoms with Crippen LogP contribution in [0.15, 0.2) is 24.3 Å². The van der Waals surface area contributed by atoms with Crippen LogP contribution in [0.2, 0.25) is 0 Å². The molecule has 24 heavy (non-hydrogen) atoms. The van der Waals surface area contributed by atoms with Crippen LogP contribution in [0.3, 0.4) is 0 Å². The Kier molecular flexibility index (Phi) is 4.30. The van der Waals surface area contributed by atoms with Crippen LogP contribution >= 0.6 is 0 Å². The third-order valence-electron chi connectivity index (χ3n) is 5.07. The van der Waals surface area contributed by atoms with Gasteiger partial charge in [0.2, 0.25) is 11.8 Å². The number of aryl methyl sites for hydroxylation is 1. The lowest BCUT2D eigenvalue weighted by Gasteiger charge is -2.27. The minimum absolute atomic E-state index is 0.102. The van der Waals surface area contributed by atoms with Gasteiger partial charge in [0.1, 0.15) is 5.54 Å². The number of amides is 2. The first-order chi connectivity index (χ1) is 11.4. The van der Waals surface area contributed by atoms with E-state index < -0.39 is 17.4 Å². The maximum absolute atomic E-state index is 12.5. The average Bonchev–Trinajstić information content (AvgIpc) is 3.16. The van der Waals surface area contributed by atoms with Gasteiger partial charge in [0, 0.05) is 18.7 Å². The van der Waals surface area contributed by atoms with Gasteiger partial charge in [-0.05, 0) is 31.9 Å². The zero-order valence-electron chi connectivity index (χ0n) is 13.7. The lowest BCUT2D eigenvalue weighted by molar-refractivity contribution is -0.148. The molecule has 6 heteroatoms. The van der Waals surface area contributed by atoms with Gasteiger partial charge < -0.3 is 15.3 Å². The monoisotopic (exact) mass is 330 g/mol. The maximum Gasteiger partial charge on any atom is 0.329 e. The lowest BCUT2D eigenvalue weighted by atomic mass is 9.96. The predicted molar refractivity (Wildman–Crippen MR) is 88.6 cm³/mol. The smallest absolute Gasteiger partial charge is 0.329 e. The third kappa shape index (κ3) is 3.00. The molecule has 3 rings (SSSR count). The SMILES string of the molecule is Cc1ccc(N2CC(C(=O)NC3(C(=O)O)CCCC3)CC2=O)cc1. The topological polar surface area (TPSA) is 86.7 Å². The van der Waals surface area contributed by atoms with E-state index in [1.807, 2.05) is 31.2 Å². The number of hydrogen-bond acceptors (Lipinski definition) is 3. The number of carboxylic acids is 1. The van der Waals surface area contributed by atoms with E-state index in [9.17, 15) is 19.5 Å². The Morgan fingerprint density at radius 3 is 2.42 bits per heavy atom. The van der Waals surface area contributed by atoms with E-state index in [1.54, 1.807) is 4.90 Å². The average molecular weight is 330 g/mol. The second-order valence-corrected chi connectivity index (χ2v) is 6.82. The zero-order chi connectivity index (χ0) is 17.3. The maximum atomic E-state index is 12.5. The number of benzene rings is 1. The molecule has 1 saturated carbocycles. The molecule has 1 heterocycles. The number of nitrogens with zero attached hydrogens (tertiary/aromatic N) is 1. The zero-order valence-corrected chi connectivity index (χ0v) is 13.7. The van der Waals surface area contributed by atoms with Crippen LogP contribution in [0.4, 0.5) is 5.69 Å². The second-order valence-electron chi connectivity index (χ2n) is 6.82. The Bertz CT molecular complexity index is 662. The van der Waals surface area contributed by atoms with Gasteiger partial charge in [-0.2, -0.15) is 0 Å². The summed E-state index contributed by atoms with van der Waals surface area (Å²) in [6, 6.07) is 7.58. The van der Waals surface area contributed by atoms with Gasteiger partial charge in [0.05, 0.1) is 5.92 Å². The Labute approximate surface area is 140 Å². The third-order valence-corrected chi connectivity index (χ3v) is 5.07. The van der Waals surface area contributed by atoms with E-state index in [2.05, 4.69) is 5.32 Å². The molecule has 6 nitrogen and oxygen atoms in total. The molecule has 2 N–H and O–H groups in total. The molecule has 1 aromatic rings. The summed E-state index contributed by atoms with van der Waals surface area (Å²) in [5, 5.41) is 12.2. The van der Waals surface area contributed by atoms with Crippen molar-refractivity contribution in [3.05, 3.63) is 29.8 Å². The molecule has 1 atom stereocenters. The van der Waals surface area contributed by atoms with Crippen LogP contribution in [0.5, 0.6) is 0 Å². The van der Waals surface area contributed by atoms with Gasteiger partial charge in [-0.15, -0.1) is 0 Å². The van der Waals surface area contributed by atoms with Crippen molar-refractivity contribution in [1.29, 1.82) is 0 Å². The molecule has 1 aliphatic heterocycles. The van der Waals surface area contributed by atoms with E-state index in [4.69, 9.17) is 0 Å². The highest BCUT2D eigenvalue weighted by Crippen LogP contribution is 2.31. The summed E-state index contributed by atoms with van der Waals surface area (Å²) < 4.78 is 0. The van der Waals surface area contributed by atoms with Gasteiger partial charge in [-0.3, -0.25) is 9.59 Å². The fourth-order valence-corrected chi connectivity index (χ4v) is 3.57. The highest BCUT2D eigenvalue weighted by Gasteiger charge is 2.45. The second kappa shape index (κ2) is 6.26. The molecule has 2 amide bonds. The van der Waals surface area contributed by atoms with Gasteiger partial charge in [-0.1, -0.05) is 30.5 Å². The van der Waals surface area contributed by atoms with Gasteiger partial charge >= 0.3 is 5.97 Å². The van der Waals surface area contributed by atoms with E-state index in [-0.39, 0.29) is 18.2 Å². The highest BCUT2D eigenvalue weighted by molar-refractivity contribution is 6.01. The summed E-state index contributed by atoms with van der Waals surface area (Å²) >= 11 is 0. The molecule has 0 bridgehead atoms. The summed E-state index contributed by atoms with van der Waals surface area (Å²) in [6.45, 7) is 2.27. The summed E-state index contributed by atoms with van der Waals surface area (Å²) in [6.07, 6.45) is 2.62. The number of rotatable bonds is 4. The van der Waals surface area contributed by atoms with Crippen LogP contribution < -0.4 is 10.2 Å². The molecule has 0 aromatic heterocycles. The molecule has 2 fully saturated rings. The molecule has 0 radical (unpaired) electrons. The van der Waals surface area contributed by atoms with Crippen LogP contribution in [0.1, 0.15) is 37.7 Å². The van der Waals surface area contributed by atoms with Crippen molar-refractivity contribution in [1.82, 2.24) is 5.32 Å². The molecule has 1 unspecified atom stereocenters. The first-order valence-electron chi connectivity index (χ1n) is 8.34. The predicted octanol–water partition coefficient (Wildman–Crippen LogP) is 1.86. The Morgan fingerprint density at radius 2 is 1.83 bits per heavy atom. The van der Waals surface area contributed by atoms with E-state index in [0.717, 1.165) is 24.1 Å². The molecule has 0 spiro atoms. The minimum Gasteiger partial charge on any atom is -0.480 e. The van der Waals surface area contributed by atoms with Crippen molar-refractivity contribution < 1.29 is 19.5 Å². The summed E-state index contributed by atoms with van der Waals surface area (Å²) in [5.41, 5.74) is 0.719. The largest absolute Gasteiger partial charge is 0.480 e. The number of aliphatic carboxylic acids is 1. The first kappa shape index (κ1) is 16.5. The van der Waals surface area contributed by atoms with Crippen molar-refractivity contribution in [2.45, 2.75) is 44.6 Å². The number of carbonyl (C=O) groups is 3. The van der Waals surface area contributed by atoms with Crippen molar-refractivity contribution in [2.75, 3.05) is 11.4 Å². The highest BCUT2D eigenvalue weighted by atomic mass is 16.4. The number of nitrogens with one attached hydrogen (secondary N) is 1. The molecular weight excluding hydrogens is 308 g/mol. The van der Waals surface area contributed by atoms with Crippen LogP contribution in [-0.4, -0.2) is 35.0 Å². The molecule has 128 valence electrons. The van der Waals surface area contributed by atoms with Crippen molar-refractivity contribution in [3.8, 4) is 0 Å². The fraction of sp³-hybridized carbons (Fsp3) is 0.500. The summed E-state index contributed by atoms with van der Waals surface area (Å²) in [5.74, 6) is -1.92. The van der Waals surface area contributed by atoms with Crippen LogP contribution in [0, 0.1) is 12.8 Å². The Hall–Kier alpha value is -2.37. The van der Waals surface area contributed by atoms with Gasteiger partial charge in [-0.25, -0.2) is 4.79 Å². The van der Waals surface area contributed by atoms with Gasteiger partial charge in [0.15, 0.2) is 0 Å². The molecule has 1 aromatic carbocycles. The molecule has 1 aliphatic carbocycles. The number of carbonyl (C=O) groups excluding carboxylic acids is 2. The van der Waals surface area contributed by atoms with E-state index in [1.165, 1.54) is 0 Å². The standard InChI is InChI=1S/C18H22N2O4/c1-12-4-6-14(7-5-12)20-11-13(10-15(20)21)16(22)19-18(17(23)24)8-2-3-9-18/h4-7,13H,2-3,8-11H2,1H3,(H,19,22)(H,23,24). The first-order valence-corrected chi connectivity index (χ1v) is 8.34. The van der Waals surface area contributed by atoms with E-state index >= 15 is 0 Å². The van der Waals surface area contributed by atoms with Gasteiger partial charge in [0.25, 0.3) is 0 Å².